The predicted molar refractivity (Wildman–Crippen MR) is 66.9 cm³/mol. The van der Waals surface area contributed by atoms with Crippen LogP contribution in [0.15, 0.2) is 35.3 Å². The van der Waals surface area contributed by atoms with Gasteiger partial charge in [-0.2, -0.15) is 0 Å². The second-order valence-electron chi connectivity index (χ2n) is 4.04. The highest BCUT2D eigenvalue weighted by atomic mass is 16.2. The minimum Gasteiger partial charge on any atom is -0.369 e. The van der Waals surface area contributed by atoms with E-state index in [9.17, 15) is 4.79 Å². The summed E-state index contributed by atoms with van der Waals surface area (Å²) in [7, 11) is 1.80. The first kappa shape index (κ1) is 11.4. The van der Waals surface area contributed by atoms with Crippen LogP contribution in [0, 0.1) is 0 Å². The monoisotopic (exact) mass is 232 g/mol. The normalized spacial score (nSPS) is 17.5. The number of piperazine rings is 1. The van der Waals surface area contributed by atoms with Crippen LogP contribution in [0.4, 0.5) is 5.69 Å². The van der Waals surface area contributed by atoms with Gasteiger partial charge in [0.2, 0.25) is 5.91 Å². The van der Waals surface area contributed by atoms with E-state index in [-0.39, 0.29) is 5.91 Å². The highest BCUT2D eigenvalue weighted by Gasteiger charge is 2.21. The number of guanidine groups is 1. The second-order valence-corrected chi connectivity index (χ2v) is 4.04. The molecule has 0 unspecified atom stereocenters. The summed E-state index contributed by atoms with van der Waals surface area (Å²) in [6.07, 6.45) is 0. The molecule has 1 heterocycles. The Morgan fingerprint density at radius 2 is 2.00 bits per heavy atom. The van der Waals surface area contributed by atoms with E-state index in [1.54, 1.807) is 16.8 Å². The standard InChI is InChI=1S/C12H16N4O/c1-15-7-8-16(9-11(15)17)12(13)14-10-5-3-2-4-6-10/h2-6H,7-9H2,1H3,(H2,13,14). The third-order valence-electron chi connectivity index (χ3n) is 2.78. The van der Waals surface area contributed by atoms with Crippen molar-refractivity contribution in [3.8, 4) is 0 Å². The number of benzene rings is 1. The maximum atomic E-state index is 11.5. The van der Waals surface area contributed by atoms with Crippen molar-refractivity contribution in [1.82, 2.24) is 9.80 Å². The van der Waals surface area contributed by atoms with Gasteiger partial charge in [-0.25, -0.2) is 4.99 Å². The van der Waals surface area contributed by atoms with Gasteiger partial charge in [-0.3, -0.25) is 4.79 Å². The summed E-state index contributed by atoms with van der Waals surface area (Å²) in [5.41, 5.74) is 6.70. The van der Waals surface area contributed by atoms with Crippen LogP contribution in [0.2, 0.25) is 0 Å². The number of hydrogen-bond donors (Lipinski definition) is 1. The van der Waals surface area contributed by atoms with Crippen LogP contribution in [0.1, 0.15) is 0 Å². The fourth-order valence-corrected chi connectivity index (χ4v) is 1.66. The number of amides is 1. The number of nitrogens with zero attached hydrogens (tertiary/aromatic N) is 3. The SMILES string of the molecule is CN1CCN(C(N)=Nc2ccccc2)CC1=O. The third kappa shape index (κ3) is 2.75. The molecule has 1 amide bonds. The van der Waals surface area contributed by atoms with Gasteiger partial charge in [-0.15, -0.1) is 0 Å². The fraction of sp³-hybridized carbons (Fsp3) is 0.333. The zero-order valence-corrected chi connectivity index (χ0v) is 9.84. The Morgan fingerprint density at radius 3 is 2.65 bits per heavy atom. The Morgan fingerprint density at radius 1 is 1.29 bits per heavy atom. The largest absolute Gasteiger partial charge is 0.369 e. The maximum absolute atomic E-state index is 11.5. The van der Waals surface area contributed by atoms with Gasteiger partial charge < -0.3 is 15.5 Å². The van der Waals surface area contributed by atoms with Crippen molar-refractivity contribution in [2.75, 3.05) is 26.7 Å². The van der Waals surface area contributed by atoms with Crippen molar-refractivity contribution in [3.63, 3.8) is 0 Å². The minimum atomic E-state index is 0.0717. The van der Waals surface area contributed by atoms with E-state index in [2.05, 4.69) is 4.99 Å². The number of aliphatic imine (C=N–C) groups is 1. The maximum Gasteiger partial charge on any atom is 0.242 e. The molecule has 0 spiro atoms. The van der Waals surface area contributed by atoms with Gasteiger partial charge >= 0.3 is 0 Å². The molecule has 1 aromatic carbocycles. The molecule has 0 radical (unpaired) electrons. The first-order chi connectivity index (χ1) is 8.16. The Labute approximate surface area is 101 Å². The lowest BCUT2D eigenvalue weighted by Crippen LogP contribution is -2.52. The van der Waals surface area contributed by atoms with Gasteiger partial charge in [-0.1, -0.05) is 18.2 Å². The molecule has 1 aromatic rings. The average molecular weight is 232 g/mol. The second kappa shape index (κ2) is 4.86. The zero-order chi connectivity index (χ0) is 12.3. The molecule has 1 aliphatic heterocycles. The number of para-hydroxylation sites is 1. The number of carbonyl (C=O) groups is 1. The number of likely N-dealkylation sites (N-methyl/N-ethyl adjacent to an activating group) is 1. The number of nitrogens with two attached hydrogens (primary N) is 1. The van der Waals surface area contributed by atoms with Crippen LogP contribution in [0.5, 0.6) is 0 Å². The van der Waals surface area contributed by atoms with Crippen molar-refractivity contribution >= 4 is 17.6 Å². The summed E-state index contributed by atoms with van der Waals surface area (Å²) in [6.45, 7) is 1.72. The van der Waals surface area contributed by atoms with Crippen molar-refractivity contribution in [3.05, 3.63) is 30.3 Å². The number of carbonyl (C=O) groups excluding carboxylic acids is 1. The molecule has 0 aromatic heterocycles. The molecule has 90 valence electrons. The summed E-state index contributed by atoms with van der Waals surface area (Å²) in [4.78, 5) is 19.3. The zero-order valence-electron chi connectivity index (χ0n) is 9.84. The molecule has 2 N–H and O–H groups in total. The van der Waals surface area contributed by atoms with Crippen LogP contribution in [-0.4, -0.2) is 48.3 Å². The summed E-state index contributed by atoms with van der Waals surface area (Å²) in [6, 6.07) is 9.49. The highest BCUT2D eigenvalue weighted by Crippen LogP contribution is 2.11. The van der Waals surface area contributed by atoms with E-state index in [0.29, 0.717) is 19.0 Å². The van der Waals surface area contributed by atoms with Crippen molar-refractivity contribution in [1.29, 1.82) is 0 Å². The van der Waals surface area contributed by atoms with Crippen LogP contribution in [0.3, 0.4) is 0 Å². The van der Waals surface area contributed by atoms with Crippen LogP contribution < -0.4 is 5.73 Å². The Kier molecular flexibility index (Phi) is 3.27. The molecule has 1 aliphatic rings. The molecule has 0 saturated carbocycles. The van der Waals surface area contributed by atoms with E-state index in [0.717, 1.165) is 12.2 Å². The van der Waals surface area contributed by atoms with Crippen LogP contribution in [0.25, 0.3) is 0 Å². The molecule has 5 nitrogen and oxygen atoms in total. The van der Waals surface area contributed by atoms with E-state index in [4.69, 9.17) is 5.73 Å². The van der Waals surface area contributed by atoms with Crippen molar-refractivity contribution in [2.24, 2.45) is 10.7 Å². The van der Waals surface area contributed by atoms with Crippen LogP contribution >= 0.6 is 0 Å². The highest BCUT2D eigenvalue weighted by molar-refractivity contribution is 5.87. The Bertz CT molecular complexity index is 429. The third-order valence-corrected chi connectivity index (χ3v) is 2.78. The molecule has 0 bridgehead atoms. The Balaban J connectivity index is 2.08. The van der Waals surface area contributed by atoms with Crippen LogP contribution in [-0.2, 0) is 4.79 Å². The molecule has 1 fully saturated rings. The summed E-state index contributed by atoms with van der Waals surface area (Å²) in [5.74, 6) is 0.472. The first-order valence-corrected chi connectivity index (χ1v) is 5.55. The number of hydrogen-bond acceptors (Lipinski definition) is 2. The molecule has 1 saturated heterocycles. The van der Waals surface area contributed by atoms with E-state index in [1.807, 2.05) is 30.3 Å². The predicted octanol–water partition coefficient (Wildman–Crippen LogP) is 0.407. The quantitative estimate of drug-likeness (QED) is 0.563. The molecule has 5 heteroatoms. The average Bonchev–Trinajstić information content (AvgIpc) is 2.34. The van der Waals surface area contributed by atoms with Gasteiger partial charge in [0.25, 0.3) is 0 Å². The smallest absolute Gasteiger partial charge is 0.242 e. The van der Waals surface area contributed by atoms with E-state index < -0.39 is 0 Å². The van der Waals surface area contributed by atoms with E-state index >= 15 is 0 Å². The van der Waals surface area contributed by atoms with Gasteiger partial charge in [0.15, 0.2) is 5.96 Å². The summed E-state index contributed by atoms with van der Waals surface area (Å²) < 4.78 is 0. The van der Waals surface area contributed by atoms with Gasteiger partial charge in [0.05, 0.1) is 12.2 Å². The van der Waals surface area contributed by atoms with Crippen molar-refractivity contribution in [2.45, 2.75) is 0 Å². The van der Waals surface area contributed by atoms with Crippen molar-refractivity contribution < 1.29 is 4.79 Å². The Hall–Kier alpha value is -2.04. The van der Waals surface area contributed by atoms with Gasteiger partial charge in [-0.05, 0) is 12.1 Å². The summed E-state index contributed by atoms with van der Waals surface area (Å²) in [5, 5.41) is 0. The van der Waals surface area contributed by atoms with Gasteiger partial charge in [0.1, 0.15) is 0 Å². The lowest BCUT2D eigenvalue weighted by atomic mass is 10.3. The van der Waals surface area contributed by atoms with Gasteiger partial charge in [0, 0.05) is 20.1 Å². The fourth-order valence-electron chi connectivity index (χ4n) is 1.66. The molecular weight excluding hydrogens is 216 g/mol. The first-order valence-electron chi connectivity index (χ1n) is 5.55. The molecule has 2 rings (SSSR count). The lowest BCUT2D eigenvalue weighted by Gasteiger charge is -2.32. The molecule has 0 atom stereocenters. The lowest BCUT2D eigenvalue weighted by molar-refractivity contribution is -0.132. The summed E-state index contributed by atoms with van der Waals surface area (Å²) >= 11 is 0. The number of rotatable bonds is 1. The molecule has 0 aliphatic carbocycles. The van der Waals surface area contributed by atoms with E-state index in [1.165, 1.54) is 0 Å². The molecular formula is C12H16N4O. The topological polar surface area (TPSA) is 61.9 Å². The minimum absolute atomic E-state index is 0.0717. The molecule has 17 heavy (non-hydrogen) atoms.